The van der Waals surface area contributed by atoms with Crippen molar-refractivity contribution in [2.75, 3.05) is 17.7 Å². The highest BCUT2D eigenvalue weighted by Gasteiger charge is 2.03. The van der Waals surface area contributed by atoms with Crippen LogP contribution in [-0.4, -0.2) is 25.3 Å². The van der Waals surface area contributed by atoms with Crippen molar-refractivity contribution in [3.8, 4) is 5.75 Å². The predicted octanol–water partition coefficient (Wildman–Crippen LogP) is 2.87. The van der Waals surface area contributed by atoms with Crippen LogP contribution in [0.2, 0.25) is 0 Å². The molecule has 2 aromatic rings. The molecule has 2 aromatic carbocycles. The van der Waals surface area contributed by atoms with E-state index in [0.717, 1.165) is 6.21 Å². The number of carbonyl (C=O) groups excluding carboxylic acids is 2. The van der Waals surface area contributed by atoms with Crippen molar-refractivity contribution in [3.63, 3.8) is 0 Å². The van der Waals surface area contributed by atoms with E-state index in [4.69, 9.17) is 4.74 Å². The number of ether oxygens (including phenoxy) is 1. The number of para-hydroxylation sites is 1. The van der Waals surface area contributed by atoms with Gasteiger partial charge in [0.15, 0.2) is 0 Å². The average Bonchev–Trinajstić information content (AvgIpc) is 2.56. The summed E-state index contributed by atoms with van der Waals surface area (Å²) in [5.74, 6) is 0.153. The van der Waals surface area contributed by atoms with Gasteiger partial charge in [0.25, 0.3) is 5.91 Å². The summed E-state index contributed by atoms with van der Waals surface area (Å²) in [4.78, 5) is 27.6. The smallest absolute Gasteiger partial charge is 0.437 e. The Morgan fingerprint density at radius 2 is 1.61 bits per heavy atom. The topological polar surface area (TPSA) is 89.0 Å². The number of methoxy groups -OCH3 is 1. The van der Waals surface area contributed by atoms with Crippen LogP contribution in [-0.2, 0) is 9.63 Å². The Kier molecular flexibility index (Phi) is 5.70. The molecule has 0 aliphatic carbocycles. The van der Waals surface area contributed by atoms with E-state index in [-0.39, 0.29) is 0 Å². The van der Waals surface area contributed by atoms with E-state index in [1.165, 1.54) is 0 Å². The molecule has 118 valence electrons. The molecule has 0 radical (unpaired) electrons. The van der Waals surface area contributed by atoms with E-state index in [1.54, 1.807) is 55.6 Å². The number of rotatable bonds is 5. The van der Waals surface area contributed by atoms with Crippen molar-refractivity contribution in [1.82, 2.24) is 0 Å². The molecule has 0 bridgehead atoms. The second kappa shape index (κ2) is 8.18. The number of hydrogen-bond acceptors (Lipinski definition) is 5. The van der Waals surface area contributed by atoms with Crippen molar-refractivity contribution < 1.29 is 19.2 Å². The molecule has 2 N–H and O–H groups in total. The predicted molar refractivity (Wildman–Crippen MR) is 86.7 cm³/mol. The fourth-order valence-corrected chi connectivity index (χ4v) is 1.63. The third-order valence-corrected chi connectivity index (χ3v) is 2.68. The number of oxime groups is 1. The van der Waals surface area contributed by atoms with Crippen molar-refractivity contribution in [2.24, 2.45) is 5.16 Å². The summed E-state index contributed by atoms with van der Waals surface area (Å²) >= 11 is 0. The zero-order valence-electron chi connectivity index (χ0n) is 12.4. The van der Waals surface area contributed by atoms with Gasteiger partial charge in [0.1, 0.15) is 12.0 Å². The zero-order chi connectivity index (χ0) is 16.5. The van der Waals surface area contributed by atoms with Crippen LogP contribution in [0.25, 0.3) is 0 Å². The molecule has 0 atom stereocenters. The maximum absolute atomic E-state index is 11.6. The summed E-state index contributed by atoms with van der Waals surface area (Å²) in [6.45, 7) is 0. The number of anilines is 2. The number of nitrogens with zero attached hydrogens (tertiary/aromatic N) is 1. The van der Waals surface area contributed by atoms with Gasteiger partial charge in [-0.05, 0) is 36.4 Å². The summed E-state index contributed by atoms with van der Waals surface area (Å²) in [5, 5.41) is 8.34. The molecular formula is C16H15N3O4. The molecule has 7 heteroatoms. The molecule has 0 aliphatic heterocycles. The second-order valence-corrected chi connectivity index (χ2v) is 4.32. The number of carbonyl (C=O) groups is 2. The normalized spacial score (nSPS) is 10.1. The maximum Gasteiger partial charge on any atom is 0.437 e. The summed E-state index contributed by atoms with van der Waals surface area (Å²) in [5.41, 5.74) is 1.13. The Morgan fingerprint density at radius 1 is 0.957 bits per heavy atom. The molecular weight excluding hydrogens is 298 g/mol. The van der Waals surface area contributed by atoms with E-state index >= 15 is 0 Å². The maximum atomic E-state index is 11.6. The molecule has 0 heterocycles. The van der Waals surface area contributed by atoms with Crippen molar-refractivity contribution >= 4 is 29.6 Å². The lowest BCUT2D eigenvalue weighted by atomic mass is 10.3. The summed E-state index contributed by atoms with van der Waals surface area (Å²) in [6.07, 6.45) is 0.0825. The SMILES string of the molecule is COc1ccc(NC(=O)/C=N/OC(=O)Nc2ccccc2)cc1. The largest absolute Gasteiger partial charge is 0.497 e. The Labute approximate surface area is 132 Å². The van der Waals surface area contributed by atoms with Crippen molar-refractivity contribution in [1.29, 1.82) is 0 Å². The lowest BCUT2D eigenvalue weighted by Gasteiger charge is -2.03. The summed E-state index contributed by atoms with van der Waals surface area (Å²) < 4.78 is 5.01. The van der Waals surface area contributed by atoms with Crippen LogP contribution in [0, 0.1) is 0 Å². The first-order chi connectivity index (χ1) is 11.2. The third kappa shape index (κ3) is 5.50. The summed E-state index contributed by atoms with van der Waals surface area (Å²) in [7, 11) is 1.55. The van der Waals surface area contributed by atoms with Crippen molar-refractivity contribution in [3.05, 3.63) is 54.6 Å². The minimum absolute atomic E-state index is 0.525. The van der Waals surface area contributed by atoms with Gasteiger partial charge in [-0.25, -0.2) is 4.79 Å². The van der Waals surface area contributed by atoms with Crippen LogP contribution in [0.3, 0.4) is 0 Å². The standard InChI is InChI=1S/C16H15N3O4/c1-22-14-9-7-13(8-10-14)18-15(20)11-17-23-16(21)19-12-5-3-2-4-6-12/h2-11H,1H3,(H,18,20)(H,19,21)/b17-11+. The van der Waals surface area contributed by atoms with Crippen LogP contribution in [0.15, 0.2) is 59.8 Å². The van der Waals surface area contributed by atoms with Gasteiger partial charge in [-0.1, -0.05) is 23.4 Å². The highest BCUT2D eigenvalue weighted by Crippen LogP contribution is 2.14. The van der Waals surface area contributed by atoms with Gasteiger partial charge in [-0.3, -0.25) is 14.9 Å². The van der Waals surface area contributed by atoms with Crippen molar-refractivity contribution in [2.45, 2.75) is 0 Å². The minimum Gasteiger partial charge on any atom is -0.497 e. The van der Waals surface area contributed by atoms with Gasteiger partial charge in [0.05, 0.1) is 7.11 Å². The molecule has 0 unspecified atom stereocenters. The molecule has 0 fully saturated rings. The van der Waals surface area contributed by atoms with E-state index in [0.29, 0.717) is 17.1 Å². The fourth-order valence-electron chi connectivity index (χ4n) is 1.63. The monoisotopic (exact) mass is 313 g/mol. The third-order valence-electron chi connectivity index (χ3n) is 2.68. The van der Waals surface area contributed by atoms with Gasteiger partial charge < -0.3 is 10.1 Å². The number of nitrogens with one attached hydrogen (secondary N) is 2. The molecule has 0 spiro atoms. The lowest BCUT2D eigenvalue weighted by molar-refractivity contribution is -0.110. The van der Waals surface area contributed by atoms with Crippen LogP contribution in [0.4, 0.5) is 16.2 Å². The van der Waals surface area contributed by atoms with Crippen LogP contribution < -0.4 is 15.4 Å². The van der Waals surface area contributed by atoms with Crippen LogP contribution in [0.5, 0.6) is 5.75 Å². The second-order valence-electron chi connectivity index (χ2n) is 4.32. The first-order valence-corrected chi connectivity index (χ1v) is 6.69. The molecule has 0 saturated heterocycles. The van der Waals surface area contributed by atoms with E-state index in [2.05, 4.69) is 20.6 Å². The number of amides is 2. The molecule has 0 aliphatic rings. The zero-order valence-corrected chi connectivity index (χ0v) is 12.4. The van der Waals surface area contributed by atoms with Gasteiger partial charge in [0.2, 0.25) is 0 Å². The van der Waals surface area contributed by atoms with E-state index in [1.807, 2.05) is 6.07 Å². The molecule has 23 heavy (non-hydrogen) atoms. The van der Waals surface area contributed by atoms with Crippen LogP contribution >= 0.6 is 0 Å². The quantitative estimate of drug-likeness (QED) is 0.504. The minimum atomic E-state index is -0.787. The molecule has 2 rings (SSSR count). The van der Waals surface area contributed by atoms with E-state index < -0.39 is 12.0 Å². The molecule has 2 amide bonds. The first kappa shape index (κ1) is 16.0. The van der Waals surface area contributed by atoms with E-state index in [9.17, 15) is 9.59 Å². The average molecular weight is 313 g/mol. The molecule has 0 saturated carbocycles. The Hall–Kier alpha value is -3.35. The van der Waals surface area contributed by atoms with Crippen LogP contribution in [0.1, 0.15) is 0 Å². The van der Waals surface area contributed by atoms with Gasteiger partial charge in [-0.15, -0.1) is 0 Å². The Balaban J connectivity index is 1.78. The fraction of sp³-hybridized carbons (Fsp3) is 0.0625. The molecule has 7 nitrogen and oxygen atoms in total. The van der Waals surface area contributed by atoms with Gasteiger partial charge in [-0.2, -0.15) is 0 Å². The lowest BCUT2D eigenvalue weighted by Crippen LogP contribution is -2.15. The highest BCUT2D eigenvalue weighted by atomic mass is 16.7. The highest BCUT2D eigenvalue weighted by molar-refractivity contribution is 6.31. The number of hydrogen-bond donors (Lipinski definition) is 2. The number of benzene rings is 2. The first-order valence-electron chi connectivity index (χ1n) is 6.69. The van der Waals surface area contributed by atoms with Gasteiger partial charge >= 0.3 is 6.09 Å². The summed E-state index contributed by atoms with van der Waals surface area (Å²) in [6, 6.07) is 15.5. The molecule has 0 aromatic heterocycles. The Bertz CT molecular complexity index is 684. The Morgan fingerprint density at radius 3 is 2.26 bits per heavy atom. The van der Waals surface area contributed by atoms with Gasteiger partial charge in [0, 0.05) is 11.4 Å².